The summed E-state index contributed by atoms with van der Waals surface area (Å²) in [5.74, 6) is 0.524. The minimum atomic E-state index is -0.732. The Morgan fingerprint density at radius 3 is 2.55 bits per heavy atom. The zero-order chi connectivity index (χ0) is 15.3. The first-order chi connectivity index (χ1) is 9.35. The van der Waals surface area contributed by atoms with Crippen molar-refractivity contribution in [2.75, 3.05) is 6.61 Å². The van der Waals surface area contributed by atoms with Crippen molar-refractivity contribution in [3.05, 3.63) is 22.2 Å². The van der Waals surface area contributed by atoms with Crippen LogP contribution in [-0.2, 0) is 11.2 Å². The Morgan fingerprint density at radius 1 is 1.40 bits per heavy atom. The predicted molar refractivity (Wildman–Crippen MR) is 81.9 cm³/mol. The largest absolute Gasteiger partial charge is 0.490 e. The van der Waals surface area contributed by atoms with Gasteiger partial charge in [-0.05, 0) is 60.8 Å². The molecule has 1 aromatic carbocycles. The fraction of sp³-hybridized carbons (Fsp3) is 0.500. The standard InChI is InChI=1S/C14H21BrN2O3/c1-4-19-12-7-10(5-8(2)16)6-11(15)13(12)20-9(3)14(17)18/h6-9H,4-5,16H2,1-3H3,(H2,17,18). The first-order valence-electron chi connectivity index (χ1n) is 6.51. The van der Waals surface area contributed by atoms with Crippen molar-refractivity contribution in [3.8, 4) is 11.5 Å². The molecule has 112 valence electrons. The van der Waals surface area contributed by atoms with Gasteiger partial charge in [0.1, 0.15) is 0 Å². The summed E-state index contributed by atoms with van der Waals surface area (Å²) in [4.78, 5) is 11.1. The van der Waals surface area contributed by atoms with E-state index in [1.807, 2.05) is 26.0 Å². The average Bonchev–Trinajstić information content (AvgIpc) is 2.32. The molecule has 4 N–H and O–H groups in total. The van der Waals surface area contributed by atoms with Crippen LogP contribution in [0.2, 0.25) is 0 Å². The van der Waals surface area contributed by atoms with Crippen LogP contribution < -0.4 is 20.9 Å². The van der Waals surface area contributed by atoms with Gasteiger partial charge in [-0.15, -0.1) is 0 Å². The van der Waals surface area contributed by atoms with Gasteiger partial charge in [-0.25, -0.2) is 0 Å². The fourth-order valence-electron chi connectivity index (χ4n) is 1.72. The maximum Gasteiger partial charge on any atom is 0.258 e. The Bertz CT molecular complexity index is 478. The Kier molecular flexibility index (Phi) is 6.29. The van der Waals surface area contributed by atoms with Crippen molar-refractivity contribution in [2.24, 2.45) is 11.5 Å². The highest BCUT2D eigenvalue weighted by Crippen LogP contribution is 2.37. The zero-order valence-corrected chi connectivity index (χ0v) is 13.6. The molecule has 6 heteroatoms. The number of benzene rings is 1. The molecule has 0 saturated carbocycles. The molecule has 0 aromatic heterocycles. The van der Waals surface area contributed by atoms with E-state index < -0.39 is 12.0 Å². The number of amides is 1. The van der Waals surface area contributed by atoms with Crippen LogP contribution >= 0.6 is 15.9 Å². The second-order valence-corrected chi connectivity index (χ2v) is 5.54. The van der Waals surface area contributed by atoms with Gasteiger partial charge < -0.3 is 20.9 Å². The summed E-state index contributed by atoms with van der Waals surface area (Å²) in [6.45, 7) is 5.91. The molecule has 5 nitrogen and oxygen atoms in total. The normalized spacial score (nSPS) is 13.7. The van der Waals surface area contributed by atoms with E-state index in [2.05, 4.69) is 15.9 Å². The smallest absolute Gasteiger partial charge is 0.258 e. The van der Waals surface area contributed by atoms with E-state index in [-0.39, 0.29) is 6.04 Å². The summed E-state index contributed by atoms with van der Waals surface area (Å²) in [7, 11) is 0. The minimum absolute atomic E-state index is 0.0488. The molecule has 0 heterocycles. The highest BCUT2D eigenvalue weighted by molar-refractivity contribution is 9.10. The second kappa shape index (κ2) is 7.50. The van der Waals surface area contributed by atoms with Crippen molar-refractivity contribution in [3.63, 3.8) is 0 Å². The molecule has 0 spiro atoms. The van der Waals surface area contributed by atoms with Crippen LogP contribution in [0, 0.1) is 0 Å². The van der Waals surface area contributed by atoms with Gasteiger partial charge in [0.15, 0.2) is 17.6 Å². The van der Waals surface area contributed by atoms with E-state index in [4.69, 9.17) is 20.9 Å². The molecule has 0 fully saturated rings. The lowest BCUT2D eigenvalue weighted by molar-refractivity contribution is -0.124. The van der Waals surface area contributed by atoms with Crippen LogP contribution in [0.1, 0.15) is 26.3 Å². The lowest BCUT2D eigenvalue weighted by atomic mass is 10.1. The first kappa shape index (κ1) is 16.8. The summed E-state index contributed by atoms with van der Waals surface area (Å²) in [6.07, 6.45) is -0.00516. The molecule has 0 saturated heterocycles. The molecule has 1 rings (SSSR count). The number of hydrogen-bond acceptors (Lipinski definition) is 4. The van der Waals surface area contributed by atoms with E-state index in [9.17, 15) is 4.79 Å². The SMILES string of the molecule is CCOc1cc(CC(C)N)cc(Br)c1OC(C)C(N)=O. The van der Waals surface area contributed by atoms with Gasteiger partial charge in [0.05, 0.1) is 11.1 Å². The average molecular weight is 345 g/mol. The van der Waals surface area contributed by atoms with Gasteiger partial charge in [0, 0.05) is 6.04 Å². The number of halogens is 1. The summed E-state index contributed by atoms with van der Waals surface area (Å²) in [6, 6.07) is 3.84. The van der Waals surface area contributed by atoms with E-state index >= 15 is 0 Å². The number of hydrogen-bond donors (Lipinski definition) is 2. The molecule has 1 amide bonds. The Morgan fingerprint density at radius 2 is 2.05 bits per heavy atom. The number of primary amides is 1. The molecule has 2 unspecified atom stereocenters. The number of carbonyl (C=O) groups is 1. The van der Waals surface area contributed by atoms with Crippen molar-refractivity contribution in [1.29, 1.82) is 0 Å². The second-order valence-electron chi connectivity index (χ2n) is 4.68. The van der Waals surface area contributed by atoms with Crippen molar-refractivity contribution >= 4 is 21.8 Å². The van der Waals surface area contributed by atoms with E-state index in [1.165, 1.54) is 0 Å². The van der Waals surface area contributed by atoms with Crippen LogP contribution in [0.5, 0.6) is 11.5 Å². The van der Waals surface area contributed by atoms with Gasteiger partial charge in [0.2, 0.25) is 0 Å². The number of rotatable bonds is 7. The van der Waals surface area contributed by atoms with Gasteiger partial charge in [-0.1, -0.05) is 0 Å². The van der Waals surface area contributed by atoms with Crippen LogP contribution in [0.3, 0.4) is 0 Å². The lowest BCUT2D eigenvalue weighted by Gasteiger charge is -2.18. The molecule has 0 bridgehead atoms. The first-order valence-corrected chi connectivity index (χ1v) is 7.31. The van der Waals surface area contributed by atoms with Gasteiger partial charge in [0.25, 0.3) is 5.91 Å². The molecule has 1 aromatic rings. The molecular weight excluding hydrogens is 324 g/mol. The van der Waals surface area contributed by atoms with E-state index in [0.717, 1.165) is 12.0 Å². The van der Waals surface area contributed by atoms with Crippen molar-refractivity contribution in [1.82, 2.24) is 0 Å². The Labute approximate surface area is 127 Å². The van der Waals surface area contributed by atoms with Gasteiger partial charge in [-0.2, -0.15) is 0 Å². The predicted octanol–water partition coefficient (Wildman–Crippen LogP) is 1.99. The number of nitrogens with two attached hydrogens (primary N) is 2. The number of carbonyl (C=O) groups excluding carboxylic acids is 1. The number of ether oxygens (including phenoxy) is 2. The highest BCUT2D eigenvalue weighted by atomic mass is 79.9. The summed E-state index contributed by atoms with van der Waals surface area (Å²) >= 11 is 3.44. The zero-order valence-electron chi connectivity index (χ0n) is 12.0. The molecule has 2 atom stereocenters. The molecule has 0 aliphatic heterocycles. The molecule has 0 aliphatic rings. The van der Waals surface area contributed by atoms with E-state index in [1.54, 1.807) is 6.92 Å². The van der Waals surface area contributed by atoms with Crippen molar-refractivity contribution < 1.29 is 14.3 Å². The van der Waals surface area contributed by atoms with Crippen LogP contribution in [0.4, 0.5) is 0 Å². The summed E-state index contributed by atoms with van der Waals surface area (Å²) in [5, 5.41) is 0. The highest BCUT2D eigenvalue weighted by Gasteiger charge is 2.18. The molecule has 0 radical (unpaired) electrons. The maximum atomic E-state index is 11.1. The molecule has 0 aliphatic carbocycles. The van der Waals surface area contributed by atoms with Crippen LogP contribution in [-0.4, -0.2) is 24.7 Å². The fourth-order valence-corrected chi connectivity index (χ4v) is 2.31. The van der Waals surface area contributed by atoms with E-state index in [0.29, 0.717) is 22.6 Å². The van der Waals surface area contributed by atoms with Crippen LogP contribution in [0.25, 0.3) is 0 Å². The third kappa shape index (κ3) is 4.68. The maximum absolute atomic E-state index is 11.1. The Hall–Kier alpha value is -1.27. The Balaban J connectivity index is 3.11. The summed E-state index contributed by atoms with van der Waals surface area (Å²) in [5.41, 5.74) is 12.1. The lowest BCUT2D eigenvalue weighted by Crippen LogP contribution is -2.31. The monoisotopic (exact) mass is 344 g/mol. The van der Waals surface area contributed by atoms with Crippen LogP contribution in [0.15, 0.2) is 16.6 Å². The quantitative estimate of drug-likeness (QED) is 0.791. The third-order valence-electron chi connectivity index (χ3n) is 2.62. The molecular formula is C14H21BrN2O3. The molecule has 20 heavy (non-hydrogen) atoms. The van der Waals surface area contributed by atoms with Gasteiger partial charge >= 0.3 is 0 Å². The topological polar surface area (TPSA) is 87.6 Å². The summed E-state index contributed by atoms with van der Waals surface area (Å²) < 4.78 is 11.9. The van der Waals surface area contributed by atoms with Crippen molar-refractivity contribution in [2.45, 2.75) is 39.3 Å². The third-order valence-corrected chi connectivity index (χ3v) is 3.21. The minimum Gasteiger partial charge on any atom is -0.490 e. The van der Waals surface area contributed by atoms with Gasteiger partial charge in [-0.3, -0.25) is 4.79 Å².